The predicted octanol–water partition coefficient (Wildman–Crippen LogP) is 34.1. The van der Waals surface area contributed by atoms with Crippen molar-refractivity contribution in [2.45, 2.75) is 0 Å². The topological polar surface area (TPSA) is 94.0 Å². The molecule has 11 heteroatoms. The van der Waals surface area contributed by atoms with Crippen LogP contribution >= 0.6 is 0 Å². The van der Waals surface area contributed by atoms with Crippen LogP contribution in [0.1, 0.15) is 0 Å². The van der Waals surface area contributed by atoms with Crippen molar-refractivity contribution in [3.63, 3.8) is 0 Å². The van der Waals surface area contributed by atoms with Crippen molar-refractivity contribution >= 4 is 163 Å². The molecule has 0 aliphatic rings. The summed E-state index contributed by atoms with van der Waals surface area (Å²) in [6.45, 7) is 0. The molecule has 8 aromatic heterocycles. The zero-order valence-electron chi connectivity index (χ0n) is 78.0. The van der Waals surface area contributed by atoms with Crippen LogP contribution in [0, 0.1) is 0 Å². The summed E-state index contributed by atoms with van der Waals surface area (Å²) in [4.78, 5) is 25.5. The van der Waals surface area contributed by atoms with Crippen molar-refractivity contribution in [3.8, 4) is 102 Å². The summed E-state index contributed by atoms with van der Waals surface area (Å²) >= 11 is 0. The molecule has 144 heavy (non-hydrogen) atoms. The van der Waals surface area contributed by atoms with Crippen molar-refractivity contribution in [1.29, 1.82) is 0 Å². The Morgan fingerprint density at radius 2 is 0.493 bits per heavy atom. The first kappa shape index (κ1) is 82.7. The molecule has 30 aromatic rings. The Hall–Kier alpha value is -19.5. The summed E-state index contributed by atoms with van der Waals surface area (Å²) in [5, 5.41) is 20.6. The molecule has 0 saturated carbocycles. The average Bonchev–Trinajstić information content (AvgIpc) is 1.55. The largest absolute Gasteiger partial charge is 0.309 e. The molecule has 672 valence electrons. The lowest BCUT2D eigenvalue weighted by molar-refractivity contribution is 1.01. The zero-order chi connectivity index (χ0) is 94.8. The molecule has 0 aliphatic carbocycles. The number of fused-ring (bicyclic) bond motifs is 23. The van der Waals surface area contributed by atoms with Gasteiger partial charge in [-0.15, -0.1) is 0 Å². The standard InChI is InChI=1S/C49H31N5.C48H30N4.C36H24N2/c1-4-15-32(16-5-1)47-50-48(33-17-6-2-7-18-33)52-49(51-47)38-24-14-19-34-31-36(27-28-37(34)38)54-42-26-13-11-23-40(42)46-44(54)30-29-43-45(46)39-22-10-12-25-41(39)53(43)35-20-8-3-9-21-35;1-3-14-32(15-4-1)47-38-20-9-11-21-41(38)49-48(50-47)52-44-27-25-34(30-40(44)46-36-18-8-7-13-31(36)23-28-45(46)52)33-24-26-43-39(29-33)37-19-10-12-22-42(37)51(43)35-16-5-2-6-17-35;1-7-19-31-25(13-1)26-14-2-8-20-32(26)37(31)35-23-11-5-17-29(35)30-18-6-12-24-36(30)38-33-21-9-3-15-27(33)28-16-4-10-22-34(28)38/h1-31H;1-30H;1-24H. The molecule has 0 atom stereocenters. The molecule has 0 amide bonds. The first-order valence-corrected chi connectivity index (χ1v) is 48.9. The maximum atomic E-state index is 5.31. The maximum absolute atomic E-state index is 5.31. The number of para-hydroxylation sites is 12. The average molecular weight is 1840 g/mol. The highest BCUT2D eigenvalue weighted by atomic mass is 15.2. The Morgan fingerprint density at radius 3 is 1.01 bits per heavy atom. The lowest BCUT2D eigenvalue weighted by Crippen LogP contribution is -2.03. The van der Waals surface area contributed by atoms with Gasteiger partial charge in [0.1, 0.15) is 0 Å². The van der Waals surface area contributed by atoms with Crippen LogP contribution in [0.4, 0.5) is 0 Å². The van der Waals surface area contributed by atoms with Gasteiger partial charge in [-0.1, -0.05) is 376 Å². The van der Waals surface area contributed by atoms with E-state index in [1.54, 1.807) is 0 Å². The van der Waals surface area contributed by atoms with Crippen LogP contribution in [-0.2, 0) is 0 Å². The summed E-state index contributed by atoms with van der Waals surface area (Å²) in [5.74, 6) is 2.61. The monoisotopic (exact) mass is 1840 g/mol. The Balaban J connectivity index is 0.000000107. The molecule has 0 radical (unpaired) electrons. The molecule has 0 fully saturated rings. The third-order valence-corrected chi connectivity index (χ3v) is 28.8. The van der Waals surface area contributed by atoms with E-state index in [-0.39, 0.29) is 0 Å². The van der Waals surface area contributed by atoms with Gasteiger partial charge in [0.2, 0.25) is 5.95 Å². The van der Waals surface area contributed by atoms with Gasteiger partial charge in [-0.25, -0.2) is 24.9 Å². The fourth-order valence-electron chi connectivity index (χ4n) is 22.5. The van der Waals surface area contributed by atoms with E-state index in [9.17, 15) is 0 Å². The van der Waals surface area contributed by atoms with E-state index in [0.29, 0.717) is 23.4 Å². The van der Waals surface area contributed by atoms with E-state index in [2.05, 4.69) is 470 Å². The Kier molecular flexibility index (Phi) is 19.7. The van der Waals surface area contributed by atoms with Crippen LogP contribution in [0.5, 0.6) is 0 Å². The SMILES string of the molecule is c1ccc(-c2nc(-c3ccccc3)nc(-c3cccc4cc(-n5c6ccccc6c6c7c8ccccc8n(-c8ccccc8)c7ccc65)ccc34)n2)cc1.c1ccc(-c2nc(-n3c4ccc(-c5ccc6c(c5)c5ccccc5n6-c5ccccc5)cc4c4c5ccccc5ccc43)nc3ccccc23)cc1.c1ccc(-n2c3ccccc3c3ccccc32)c(-c2ccccc2-n2c3ccccc3c3ccccc32)c1. The van der Waals surface area contributed by atoms with Gasteiger partial charge in [-0.3, -0.25) is 4.57 Å². The fourth-order valence-corrected chi connectivity index (χ4v) is 22.5. The van der Waals surface area contributed by atoms with Gasteiger partial charge < -0.3 is 22.8 Å². The van der Waals surface area contributed by atoms with E-state index >= 15 is 0 Å². The first-order chi connectivity index (χ1) is 71.5. The Labute approximate surface area is 827 Å². The van der Waals surface area contributed by atoms with Gasteiger partial charge in [-0.05, 0) is 172 Å². The molecule has 0 N–H and O–H groups in total. The quantitative estimate of drug-likeness (QED) is 0.121. The smallest absolute Gasteiger partial charge is 0.235 e. The molecule has 30 rings (SSSR count). The molecular weight excluding hydrogens is 1750 g/mol. The number of hydrogen-bond donors (Lipinski definition) is 0. The Morgan fingerprint density at radius 1 is 0.146 bits per heavy atom. The van der Waals surface area contributed by atoms with Gasteiger partial charge in [0.25, 0.3) is 0 Å². The van der Waals surface area contributed by atoms with E-state index in [4.69, 9.17) is 24.9 Å². The molecule has 0 saturated heterocycles. The molecule has 0 bridgehead atoms. The minimum Gasteiger partial charge on any atom is -0.309 e. The number of benzene rings is 22. The van der Waals surface area contributed by atoms with E-state index in [0.717, 1.165) is 77.7 Å². The third-order valence-electron chi connectivity index (χ3n) is 28.8. The summed E-state index contributed by atoms with van der Waals surface area (Å²) in [7, 11) is 0. The van der Waals surface area contributed by atoms with Gasteiger partial charge in [0.05, 0.1) is 88.8 Å². The van der Waals surface area contributed by atoms with Crippen LogP contribution in [-0.4, -0.2) is 52.3 Å². The second-order valence-corrected chi connectivity index (χ2v) is 36.8. The second kappa shape index (κ2) is 34.3. The fraction of sp³-hybridized carbons (Fsp3) is 0. The van der Waals surface area contributed by atoms with Crippen molar-refractivity contribution in [3.05, 3.63) is 516 Å². The summed E-state index contributed by atoms with van der Waals surface area (Å²) in [6, 6.07) is 183. The van der Waals surface area contributed by atoms with Crippen LogP contribution in [0.15, 0.2) is 516 Å². The van der Waals surface area contributed by atoms with Crippen LogP contribution in [0.3, 0.4) is 0 Å². The number of hydrogen-bond acceptors (Lipinski definition) is 5. The highest BCUT2D eigenvalue weighted by molar-refractivity contribution is 6.29. The van der Waals surface area contributed by atoms with Crippen LogP contribution in [0.25, 0.3) is 265 Å². The van der Waals surface area contributed by atoms with Crippen molar-refractivity contribution < 1.29 is 0 Å². The minimum absolute atomic E-state index is 0.648. The number of aromatic nitrogens is 11. The zero-order valence-corrected chi connectivity index (χ0v) is 78.0. The maximum Gasteiger partial charge on any atom is 0.235 e. The first-order valence-electron chi connectivity index (χ1n) is 48.9. The van der Waals surface area contributed by atoms with Crippen molar-refractivity contribution in [2.24, 2.45) is 0 Å². The van der Waals surface area contributed by atoms with Crippen molar-refractivity contribution in [1.82, 2.24) is 52.3 Å². The molecular formula is C133H85N11. The second-order valence-electron chi connectivity index (χ2n) is 36.8. The predicted molar refractivity (Wildman–Crippen MR) is 599 cm³/mol. The van der Waals surface area contributed by atoms with E-state index < -0.39 is 0 Å². The van der Waals surface area contributed by atoms with Gasteiger partial charge in [0, 0.05) is 120 Å². The molecule has 11 nitrogen and oxygen atoms in total. The van der Waals surface area contributed by atoms with Crippen LogP contribution in [0.2, 0.25) is 0 Å². The normalized spacial score (nSPS) is 11.8. The minimum atomic E-state index is 0.648. The molecule has 0 spiro atoms. The Bertz CT molecular complexity index is 10000. The summed E-state index contributed by atoms with van der Waals surface area (Å²) < 4.78 is 14.3. The lowest BCUT2D eigenvalue weighted by Gasteiger charge is -2.18. The number of rotatable bonds is 12. The van der Waals surface area contributed by atoms with Gasteiger partial charge >= 0.3 is 0 Å². The van der Waals surface area contributed by atoms with Crippen molar-refractivity contribution in [2.75, 3.05) is 0 Å². The highest BCUT2D eigenvalue weighted by Crippen LogP contribution is 2.48. The van der Waals surface area contributed by atoms with Crippen LogP contribution < -0.4 is 0 Å². The summed E-state index contributed by atoms with van der Waals surface area (Å²) in [6.07, 6.45) is 0. The van der Waals surface area contributed by atoms with E-state index in [1.807, 2.05) is 72.8 Å². The molecule has 0 unspecified atom stereocenters. The molecule has 22 aromatic carbocycles. The third kappa shape index (κ3) is 13.6. The highest BCUT2D eigenvalue weighted by Gasteiger charge is 2.27. The lowest BCUT2D eigenvalue weighted by atomic mass is 9.99. The number of nitrogens with zero attached hydrogens (tertiary/aromatic N) is 11. The van der Waals surface area contributed by atoms with Gasteiger partial charge in [0.15, 0.2) is 17.5 Å². The molecule has 0 aliphatic heterocycles. The van der Waals surface area contributed by atoms with Gasteiger partial charge in [-0.2, -0.15) is 0 Å². The van der Waals surface area contributed by atoms with E-state index in [1.165, 1.54) is 164 Å². The molecule has 8 heterocycles. The summed E-state index contributed by atoms with van der Waals surface area (Å²) in [5.41, 5.74) is 30.5.